The van der Waals surface area contributed by atoms with Crippen LogP contribution in [0.3, 0.4) is 0 Å². The number of fused-ring (bicyclic) bond motifs is 2. The monoisotopic (exact) mass is 389 g/mol. The highest BCUT2D eigenvalue weighted by atomic mass is 16.5. The molecule has 4 heteroatoms. The van der Waals surface area contributed by atoms with Gasteiger partial charge in [-0.15, -0.1) is 0 Å². The number of hydrogen-bond acceptors (Lipinski definition) is 3. The zero-order valence-electron chi connectivity index (χ0n) is 16.7. The number of rotatable bonds is 4. The minimum absolute atomic E-state index is 0.194. The first-order chi connectivity index (χ1) is 14.2. The Morgan fingerprint density at radius 3 is 2.00 bits per heavy atom. The third-order valence-electron chi connectivity index (χ3n) is 5.78. The van der Waals surface area contributed by atoms with E-state index in [-0.39, 0.29) is 18.6 Å². The highest BCUT2D eigenvalue weighted by molar-refractivity contribution is 6.16. The van der Waals surface area contributed by atoms with Gasteiger partial charge in [0.15, 0.2) is 6.61 Å². The number of amides is 1. The summed E-state index contributed by atoms with van der Waals surface area (Å²) in [6.07, 6.45) is 8.06. The molecule has 1 saturated carbocycles. The molecule has 1 fully saturated rings. The van der Waals surface area contributed by atoms with E-state index in [9.17, 15) is 9.59 Å². The number of carbonyl (C=O) groups is 2. The zero-order valence-corrected chi connectivity index (χ0v) is 16.7. The van der Waals surface area contributed by atoms with Gasteiger partial charge >= 0.3 is 5.97 Å². The van der Waals surface area contributed by atoms with Crippen molar-refractivity contribution in [1.82, 2.24) is 5.32 Å². The molecule has 0 spiro atoms. The summed E-state index contributed by atoms with van der Waals surface area (Å²) >= 11 is 0. The maximum atomic E-state index is 13.0. The minimum Gasteiger partial charge on any atom is -0.452 e. The first-order valence-electron chi connectivity index (χ1n) is 10.6. The first kappa shape index (κ1) is 19.4. The highest BCUT2D eigenvalue weighted by Gasteiger charge is 2.19. The van der Waals surface area contributed by atoms with Crippen LogP contribution in [0.2, 0.25) is 0 Å². The molecular formula is C25H27NO3. The van der Waals surface area contributed by atoms with Gasteiger partial charge in [-0.1, -0.05) is 80.6 Å². The summed E-state index contributed by atoms with van der Waals surface area (Å²) in [6.45, 7) is -0.243. The number of hydrogen-bond donors (Lipinski definition) is 1. The summed E-state index contributed by atoms with van der Waals surface area (Å²) in [5, 5.41) is 6.71. The van der Waals surface area contributed by atoms with Gasteiger partial charge in [-0.25, -0.2) is 4.79 Å². The average molecular weight is 389 g/mol. The predicted octanol–water partition coefficient (Wildman–Crippen LogP) is 5.38. The largest absolute Gasteiger partial charge is 0.452 e. The SMILES string of the molecule is O=C(COC(=O)c1c2ccccc2cc2ccccc12)NC1CCCCCCC1. The standard InChI is InChI=1S/C25H27NO3/c27-23(26-20-12-4-2-1-3-5-13-20)17-29-25(28)24-21-14-8-6-10-18(21)16-19-11-7-9-15-22(19)24/h6-11,14-16,20H,1-5,12-13,17H2,(H,26,27). The molecule has 4 nitrogen and oxygen atoms in total. The van der Waals surface area contributed by atoms with Crippen LogP contribution in [0.25, 0.3) is 21.5 Å². The normalized spacial score (nSPS) is 15.6. The van der Waals surface area contributed by atoms with E-state index in [1.54, 1.807) is 0 Å². The Morgan fingerprint density at radius 2 is 1.38 bits per heavy atom. The molecule has 0 bridgehead atoms. The third kappa shape index (κ3) is 4.58. The van der Waals surface area contributed by atoms with Crippen molar-refractivity contribution >= 4 is 33.4 Å². The van der Waals surface area contributed by atoms with Crippen LogP contribution in [-0.4, -0.2) is 24.5 Å². The van der Waals surface area contributed by atoms with Crippen molar-refractivity contribution in [2.45, 2.75) is 51.0 Å². The Morgan fingerprint density at radius 1 is 0.828 bits per heavy atom. The molecule has 1 amide bonds. The van der Waals surface area contributed by atoms with Crippen LogP contribution in [-0.2, 0) is 9.53 Å². The van der Waals surface area contributed by atoms with E-state index in [0.717, 1.165) is 47.2 Å². The van der Waals surface area contributed by atoms with Gasteiger partial charge < -0.3 is 10.1 Å². The van der Waals surface area contributed by atoms with Gasteiger partial charge in [0, 0.05) is 6.04 Å². The molecular weight excluding hydrogens is 362 g/mol. The Bertz CT molecular complexity index is 965. The van der Waals surface area contributed by atoms with Crippen LogP contribution >= 0.6 is 0 Å². The molecule has 0 aromatic heterocycles. The maximum absolute atomic E-state index is 13.0. The van der Waals surface area contributed by atoms with E-state index < -0.39 is 5.97 Å². The van der Waals surface area contributed by atoms with Gasteiger partial charge in [0.2, 0.25) is 0 Å². The van der Waals surface area contributed by atoms with E-state index in [1.807, 2.05) is 48.5 Å². The van der Waals surface area contributed by atoms with E-state index in [2.05, 4.69) is 11.4 Å². The maximum Gasteiger partial charge on any atom is 0.339 e. The summed E-state index contributed by atoms with van der Waals surface area (Å²) in [4.78, 5) is 25.4. The van der Waals surface area contributed by atoms with Crippen molar-refractivity contribution in [1.29, 1.82) is 0 Å². The molecule has 0 radical (unpaired) electrons. The van der Waals surface area contributed by atoms with E-state index >= 15 is 0 Å². The Labute approximate surface area is 171 Å². The van der Waals surface area contributed by atoms with E-state index in [0.29, 0.717) is 5.56 Å². The fourth-order valence-electron chi connectivity index (χ4n) is 4.31. The molecule has 1 aliphatic carbocycles. The molecule has 0 heterocycles. The van der Waals surface area contributed by atoms with Crippen LogP contribution in [0.1, 0.15) is 55.3 Å². The van der Waals surface area contributed by atoms with Crippen molar-refractivity contribution in [2.75, 3.05) is 6.61 Å². The first-order valence-corrected chi connectivity index (χ1v) is 10.6. The lowest BCUT2D eigenvalue weighted by Gasteiger charge is -2.21. The van der Waals surface area contributed by atoms with Crippen molar-refractivity contribution in [3.05, 3.63) is 60.2 Å². The zero-order chi connectivity index (χ0) is 20.1. The summed E-state index contributed by atoms with van der Waals surface area (Å²) in [5.41, 5.74) is 0.525. The second-order valence-electron chi connectivity index (χ2n) is 7.88. The Kier molecular flexibility index (Phi) is 6.09. The summed E-state index contributed by atoms with van der Waals surface area (Å²) in [5.74, 6) is -0.667. The highest BCUT2D eigenvalue weighted by Crippen LogP contribution is 2.29. The number of benzene rings is 3. The topological polar surface area (TPSA) is 55.4 Å². The summed E-state index contributed by atoms with van der Waals surface area (Å²) in [7, 11) is 0. The quantitative estimate of drug-likeness (QED) is 0.481. The minimum atomic E-state index is -0.453. The molecule has 150 valence electrons. The lowest BCUT2D eigenvalue weighted by molar-refractivity contribution is -0.125. The molecule has 0 atom stereocenters. The van der Waals surface area contributed by atoms with E-state index in [1.165, 1.54) is 19.3 Å². The van der Waals surface area contributed by atoms with Gasteiger partial charge in [-0.3, -0.25) is 4.79 Å². The van der Waals surface area contributed by atoms with Crippen molar-refractivity contribution in [2.24, 2.45) is 0 Å². The number of ether oxygens (including phenoxy) is 1. The van der Waals surface area contributed by atoms with Crippen LogP contribution in [0.5, 0.6) is 0 Å². The Hall–Kier alpha value is -2.88. The molecule has 0 unspecified atom stereocenters. The van der Waals surface area contributed by atoms with E-state index in [4.69, 9.17) is 4.74 Å². The Balaban J connectivity index is 1.49. The summed E-state index contributed by atoms with van der Waals surface area (Å²) in [6, 6.07) is 17.8. The van der Waals surface area contributed by atoms with Gasteiger partial charge in [0.25, 0.3) is 5.91 Å². The molecule has 3 aromatic rings. The van der Waals surface area contributed by atoms with Gasteiger partial charge in [0.05, 0.1) is 5.56 Å². The van der Waals surface area contributed by atoms with Crippen LogP contribution in [0, 0.1) is 0 Å². The molecule has 1 N–H and O–H groups in total. The molecule has 0 saturated heterocycles. The second kappa shape index (κ2) is 9.08. The second-order valence-corrected chi connectivity index (χ2v) is 7.88. The number of esters is 1. The van der Waals surface area contributed by atoms with Crippen LogP contribution in [0.4, 0.5) is 0 Å². The molecule has 1 aliphatic rings. The number of carbonyl (C=O) groups excluding carboxylic acids is 2. The fraction of sp³-hybridized carbons (Fsp3) is 0.360. The molecule has 29 heavy (non-hydrogen) atoms. The summed E-state index contributed by atoms with van der Waals surface area (Å²) < 4.78 is 5.45. The number of nitrogens with one attached hydrogen (secondary N) is 1. The van der Waals surface area contributed by atoms with Crippen LogP contribution < -0.4 is 5.32 Å². The van der Waals surface area contributed by atoms with Gasteiger partial charge in [-0.2, -0.15) is 0 Å². The van der Waals surface area contributed by atoms with Crippen molar-refractivity contribution in [3.8, 4) is 0 Å². The molecule has 3 aromatic carbocycles. The third-order valence-corrected chi connectivity index (χ3v) is 5.78. The molecule has 0 aliphatic heterocycles. The predicted molar refractivity (Wildman–Crippen MR) is 116 cm³/mol. The van der Waals surface area contributed by atoms with Gasteiger partial charge in [0.1, 0.15) is 0 Å². The van der Waals surface area contributed by atoms with Crippen molar-refractivity contribution in [3.63, 3.8) is 0 Å². The lowest BCUT2D eigenvalue weighted by Crippen LogP contribution is -2.38. The average Bonchev–Trinajstić information content (AvgIpc) is 2.72. The van der Waals surface area contributed by atoms with Gasteiger partial charge in [-0.05, 0) is 40.5 Å². The van der Waals surface area contributed by atoms with Crippen molar-refractivity contribution < 1.29 is 14.3 Å². The smallest absolute Gasteiger partial charge is 0.339 e. The van der Waals surface area contributed by atoms with Crippen LogP contribution in [0.15, 0.2) is 54.6 Å². The lowest BCUT2D eigenvalue weighted by atomic mass is 9.96. The molecule has 4 rings (SSSR count). The fourth-order valence-corrected chi connectivity index (χ4v) is 4.31.